The molecule has 0 radical (unpaired) electrons. The van der Waals surface area contributed by atoms with E-state index in [9.17, 15) is 0 Å². The van der Waals surface area contributed by atoms with Gasteiger partial charge in [0.25, 0.3) is 0 Å². The van der Waals surface area contributed by atoms with Crippen molar-refractivity contribution in [2.45, 2.75) is 31.7 Å². The molecule has 0 heterocycles. The zero-order chi connectivity index (χ0) is 11.2. The smallest absolute Gasteiger partial charge is 0.120 e. The van der Waals surface area contributed by atoms with Crippen LogP contribution in [0.5, 0.6) is 5.75 Å². The highest BCUT2D eigenvalue weighted by molar-refractivity contribution is 6.31. The van der Waals surface area contributed by atoms with Gasteiger partial charge in [-0.2, -0.15) is 0 Å². The fraction of sp³-hybridized carbons (Fsp3) is 0.500. The van der Waals surface area contributed by atoms with Crippen LogP contribution in [0.2, 0.25) is 5.02 Å². The maximum Gasteiger partial charge on any atom is 0.120 e. The summed E-state index contributed by atoms with van der Waals surface area (Å²) in [6.45, 7) is 4.36. The zero-order valence-corrected chi connectivity index (χ0v) is 10.1. The lowest BCUT2D eigenvalue weighted by Crippen LogP contribution is -2.14. The van der Waals surface area contributed by atoms with E-state index in [0.29, 0.717) is 0 Å². The fourth-order valence-electron chi connectivity index (χ4n) is 2.49. The molecule has 0 unspecified atom stereocenters. The average Bonchev–Trinajstić information content (AvgIpc) is 2.37. The van der Waals surface area contributed by atoms with Crippen molar-refractivity contribution in [3.8, 4) is 5.75 Å². The van der Waals surface area contributed by atoms with Gasteiger partial charge < -0.3 is 10.5 Å². The normalized spacial score (nSPS) is 22.6. The first-order valence-electron chi connectivity index (χ1n) is 5.09. The summed E-state index contributed by atoms with van der Waals surface area (Å²) in [5.74, 6) is 0.784. The second-order valence-corrected chi connectivity index (χ2v) is 5.18. The first-order valence-corrected chi connectivity index (χ1v) is 5.47. The SMILES string of the molecule is COc1cc(Cl)c2c(c1)[C@@H](N)CC2(C)C. The van der Waals surface area contributed by atoms with Crippen molar-refractivity contribution >= 4 is 11.6 Å². The maximum atomic E-state index is 6.27. The van der Waals surface area contributed by atoms with Crippen LogP contribution in [0.15, 0.2) is 12.1 Å². The molecule has 1 aromatic carbocycles. The summed E-state index contributed by atoms with van der Waals surface area (Å²) in [6.07, 6.45) is 0.940. The Morgan fingerprint density at radius 2 is 2.13 bits per heavy atom. The van der Waals surface area contributed by atoms with Gasteiger partial charge in [0.2, 0.25) is 0 Å². The average molecular weight is 226 g/mol. The van der Waals surface area contributed by atoms with Crippen LogP contribution >= 0.6 is 11.6 Å². The van der Waals surface area contributed by atoms with Crippen LogP contribution in [0.1, 0.15) is 37.4 Å². The van der Waals surface area contributed by atoms with Gasteiger partial charge in [0, 0.05) is 11.1 Å². The van der Waals surface area contributed by atoms with E-state index < -0.39 is 0 Å². The second kappa shape index (κ2) is 3.39. The van der Waals surface area contributed by atoms with Crippen LogP contribution < -0.4 is 10.5 Å². The Kier molecular flexibility index (Phi) is 2.44. The number of hydrogen-bond acceptors (Lipinski definition) is 2. The predicted molar refractivity (Wildman–Crippen MR) is 62.6 cm³/mol. The van der Waals surface area contributed by atoms with Crippen molar-refractivity contribution in [1.82, 2.24) is 0 Å². The van der Waals surface area contributed by atoms with E-state index in [1.807, 2.05) is 12.1 Å². The Hall–Kier alpha value is -0.730. The molecule has 2 rings (SSSR count). The van der Waals surface area contributed by atoms with E-state index in [0.717, 1.165) is 22.8 Å². The molecule has 3 heteroatoms. The number of rotatable bonds is 1. The van der Waals surface area contributed by atoms with Gasteiger partial charge in [-0.1, -0.05) is 25.4 Å². The summed E-state index contributed by atoms with van der Waals surface area (Å²) in [5.41, 5.74) is 8.48. The van der Waals surface area contributed by atoms with Crippen LogP contribution in [0.3, 0.4) is 0 Å². The van der Waals surface area contributed by atoms with Gasteiger partial charge in [-0.3, -0.25) is 0 Å². The molecule has 2 nitrogen and oxygen atoms in total. The number of halogens is 1. The van der Waals surface area contributed by atoms with E-state index in [4.69, 9.17) is 22.1 Å². The highest BCUT2D eigenvalue weighted by Crippen LogP contribution is 2.48. The van der Waals surface area contributed by atoms with Gasteiger partial charge in [0.15, 0.2) is 0 Å². The van der Waals surface area contributed by atoms with Gasteiger partial charge in [-0.25, -0.2) is 0 Å². The van der Waals surface area contributed by atoms with Gasteiger partial charge in [-0.05, 0) is 35.1 Å². The van der Waals surface area contributed by atoms with Crippen molar-refractivity contribution in [1.29, 1.82) is 0 Å². The topological polar surface area (TPSA) is 35.2 Å². The van der Waals surface area contributed by atoms with E-state index >= 15 is 0 Å². The third-order valence-electron chi connectivity index (χ3n) is 3.14. The Bertz CT molecular complexity index is 401. The molecular weight excluding hydrogens is 210 g/mol. The molecule has 1 aliphatic rings. The van der Waals surface area contributed by atoms with E-state index in [1.165, 1.54) is 5.56 Å². The molecule has 1 aliphatic carbocycles. The van der Waals surface area contributed by atoms with E-state index in [-0.39, 0.29) is 11.5 Å². The van der Waals surface area contributed by atoms with Crippen LogP contribution in [0.25, 0.3) is 0 Å². The minimum absolute atomic E-state index is 0.0676. The molecule has 0 aromatic heterocycles. The molecule has 0 saturated heterocycles. The Balaban J connectivity index is 2.63. The van der Waals surface area contributed by atoms with Crippen LogP contribution in [0.4, 0.5) is 0 Å². The summed E-state index contributed by atoms with van der Waals surface area (Å²) in [7, 11) is 1.64. The number of fused-ring (bicyclic) bond motifs is 1. The third-order valence-corrected chi connectivity index (χ3v) is 3.43. The zero-order valence-electron chi connectivity index (χ0n) is 9.30. The molecule has 0 saturated carbocycles. The minimum Gasteiger partial charge on any atom is -0.497 e. The van der Waals surface area contributed by atoms with Crippen molar-refractivity contribution < 1.29 is 4.74 Å². The second-order valence-electron chi connectivity index (χ2n) is 4.77. The molecule has 1 aromatic rings. The van der Waals surface area contributed by atoms with Crippen molar-refractivity contribution in [2.24, 2.45) is 5.73 Å². The molecule has 0 aliphatic heterocycles. The summed E-state index contributed by atoms with van der Waals surface area (Å²) in [6, 6.07) is 3.93. The van der Waals surface area contributed by atoms with Gasteiger partial charge in [0.05, 0.1) is 7.11 Å². The number of methoxy groups -OCH3 is 1. The molecular formula is C12H16ClNO. The lowest BCUT2D eigenvalue weighted by Gasteiger charge is -2.20. The van der Waals surface area contributed by atoms with Crippen LogP contribution in [-0.2, 0) is 5.41 Å². The highest BCUT2D eigenvalue weighted by atomic mass is 35.5. The third kappa shape index (κ3) is 1.62. The molecule has 2 N–H and O–H groups in total. The number of ether oxygens (including phenoxy) is 1. The monoisotopic (exact) mass is 225 g/mol. The first kappa shape index (κ1) is 10.8. The number of benzene rings is 1. The Morgan fingerprint density at radius 1 is 1.47 bits per heavy atom. The quantitative estimate of drug-likeness (QED) is 0.798. The summed E-state index contributed by atoms with van der Waals surface area (Å²) in [4.78, 5) is 0. The van der Waals surface area contributed by atoms with E-state index in [1.54, 1.807) is 7.11 Å². The predicted octanol–water partition coefficient (Wildman–Crippen LogP) is 3.03. The number of nitrogens with two attached hydrogens (primary N) is 1. The van der Waals surface area contributed by atoms with E-state index in [2.05, 4.69) is 13.8 Å². The summed E-state index contributed by atoms with van der Waals surface area (Å²) < 4.78 is 5.20. The molecule has 0 bridgehead atoms. The first-order chi connectivity index (χ1) is 6.95. The van der Waals surface area contributed by atoms with Gasteiger partial charge >= 0.3 is 0 Å². The molecule has 0 fully saturated rings. The van der Waals surface area contributed by atoms with Gasteiger partial charge in [0.1, 0.15) is 5.75 Å². The highest BCUT2D eigenvalue weighted by Gasteiger charge is 2.37. The summed E-state index contributed by atoms with van der Waals surface area (Å²) in [5, 5.41) is 0.766. The fourth-order valence-corrected chi connectivity index (χ4v) is 2.96. The van der Waals surface area contributed by atoms with Crippen molar-refractivity contribution in [3.63, 3.8) is 0 Å². The molecule has 0 spiro atoms. The largest absolute Gasteiger partial charge is 0.497 e. The summed E-state index contributed by atoms with van der Waals surface area (Å²) >= 11 is 6.27. The van der Waals surface area contributed by atoms with Crippen molar-refractivity contribution in [3.05, 3.63) is 28.3 Å². The molecule has 82 valence electrons. The Morgan fingerprint density at radius 3 is 2.73 bits per heavy atom. The maximum absolute atomic E-state index is 6.27. The molecule has 0 amide bonds. The molecule has 15 heavy (non-hydrogen) atoms. The van der Waals surface area contributed by atoms with Crippen LogP contribution in [0, 0.1) is 0 Å². The number of hydrogen-bond donors (Lipinski definition) is 1. The van der Waals surface area contributed by atoms with Crippen LogP contribution in [-0.4, -0.2) is 7.11 Å². The lowest BCUT2D eigenvalue weighted by atomic mass is 9.86. The Labute approximate surface area is 95.4 Å². The van der Waals surface area contributed by atoms with Crippen molar-refractivity contribution in [2.75, 3.05) is 7.11 Å². The lowest BCUT2D eigenvalue weighted by molar-refractivity contribution is 0.414. The minimum atomic E-state index is 0.0676. The van der Waals surface area contributed by atoms with Gasteiger partial charge in [-0.15, -0.1) is 0 Å². The standard InChI is InChI=1S/C12H16ClNO/c1-12(2)6-10(14)8-4-7(15-3)5-9(13)11(8)12/h4-5,10H,6,14H2,1-3H3/t10-/m0/s1. The molecule has 1 atom stereocenters.